The number of sulfonamides is 1. The van der Waals surface area contributed by atoms with Gasteiger partial charge in [-0.05, 0) is 24.1 Å². The molecular formula is C11H18N2O3S2. The van der Waals surface area contributed by atoms with Crippen molar-refractivity contribution >= 4 is 26.5 Å². The van der Waals surface area contributed by atoms with Crippen molar-refractivity contribution in [2.45, 2.75) is 18.2 Å². The van der Waals surface area contributed by atoms with Gasteiger partial charge in [-0.1, -0.05) is 13.0 Å². The van der Waals surface area contributed by atoms with E-state index in [1.165, 1.54) is 18.4 Å². The molecule has 0 aliphatic heterocycles. The van der Waals surface area contributed by atoms with Crippen molar-refractivity contribution in [1.29, 1.82) is 0 Å². The standard InChI is InChI=1S/C11H18N2O3S2/c1-3-9-4-5-10(8-11(9)12)18(15,16)13-6-7-17(2)14/h4-5,8,13H,3,6-7,12H2,1-2H3. The molecule has 0 heterocycles. The van der Waals surface area contributed by atoms with Crippen LogP contribution in [0.2, 0.25) is 0 Å². The Morgan fingerprint density at radius 2 is 2.06 bits per heavy atom. The van der Waals surface area contributed by atoms with Gasteiger partial charge >= 0.3 is 0 Å². The highest BCUT2D eigenvalue weighted by atomic mass is 32.2. The smallest absolute Gasteiger partial charge is 0.240 e. The Morgan fingerprint density at radius 1 is 1.39 bits per heavy atom. The Morgan fingerprint density at radius 3 is 2.56 bits per heavy atom. The number of benzene rings is 1. The molecule has 3 N–H and O–H groups in total. The Hall–Kier alpha value is -0.920. The SMILES string of the molecule is CCc1ccc(S(=O)(=O)NCCS(C)=O)cc1N. The first-order chi connectivity index (χ1) is 8.36. The highest BCUT2D eigenvalue weighted by Gasteiger charge is 2.14. The van der Waals surface area contributed by atoms with E-state index in [2.05, 4.69) is 4.72 Å². The van der Waals surface area contributed by atoms with Gasteiger partial charge in [0.05, 0.1) is 4.90 Å². The predicted octanol–water partition coefficient (Wildman–Crippen LogP) is 0.488. The molecule has 0 aliphatic carbocycles. The van der Waals surface area contributed by atoms with E-state index in [-0.39, 0.29) is 11.4 Å². The van der Waals surface area contributed by atoms with Gasteiger partial charge in [0.2, 0.25) is 10.0 Å². The zero-order valence-corrected chi connectivity index (χ0v) is 12.1. The molecular weight excluding hydrogens is 272 g/mol. The average molecular weight is 290 g/mol. The summed E-state index contributed by atoms with van der Waals surface area (Å²) in [6.07, 6.45) is 2.29. The van der Waals surface area contributed by atoms with Crippen LogP contribution in [0.4, 0.5) is 5.69 Å². The summed E-state index contributed by atoms with van der Waals surface area (Å²) in [6, 6.07) is 4.69. The van der Waals surface area contributed by atoms with Gasteiger partial charge in [0, 0.05) is 35.0 Å². The van der Waals surface area contributed by atoms with Gasteiger partial charge in [0.25, 0.3) is 0 Å². The number of aryl methyl sites for hydroxylation is 1. The highest BCUT2D eigenvalue weighted by molar-refractivity contribution is 7.89. The van der Waals surface area contributed by atoms with Crippen LogP contribution in [0.3, 0.4) is 0 Å². The number of hydrogen-bond donors (Lipinski definition) is 2. The Labute approximate surface area is 110 Å². The number of nitrogen functional groups attached to an aromatic ring is 1. The normalized spacial score (nSPS) is 13.4. The molecule has 0 spiro atoms. The van der Waals surface area contributed by atoms with Crippen LogP contribution in [0.25, 0.3) is 0 Å². The van der Waals surface area contributed by atoms with Gasteiger partial charge in [-0.3, -0.25) is 4.21 Å². The highest BCUT2D eigenvalue weighted by Crippen LogP contribution is 2.18. The second-order valence-electron chi connectivity index (χ2n) is 3.89. The summed E-state index contributed by atoms with van der Waals surface area (Å²) in [6.45, 7) is 2.11. The van der Waals surface area contributed by atoms with Crippen LogP contribution in [0.5, 0.6) is 0 Å². The van der Waals surface area contributed by atoms with Crippen LogP contribution in [0.1, 0.15) is 12.5 Å². The topological polar surface area (TPSA) is 89.3 Å². The fourth-order valence-corrected chi connectivity index (χ4v) is 3.05. The lowest BCUT2D eigenvalue weighted by Gasteiger charge is -2.08. The molecule has 0 saturated carbocycles. The first kappa shape index (κ1) is 15.1. The minimum absolute atomic E-state index is 0.138. The van der Waals surface area contributed by atoms with E-state index in [0.29, 0.717) is 11.4 Å². The molecule has 1 aromatic rings. The van der Waals surface area contributed by atoms with Gasteiger partial charge in [-0.15, -0.1) is 0 Å². The van der Waals surface area contributed by atoms with E-state index in [9.17, 15) is 12.6 Å². The van der Waals surface area contributed by atoms with Gasteiger partial charge in [0.15, 0.2) is 0 Å². The third-order valence-corrected chi connectivity index (χ3v) is 4.73. The van der Waals surface area contributed by atoms with Crippen LogP contribution in [0.15, 0.2) is 23.1 Å². The maximum Gasteiger partial charge on any atom is 0.240 e. The molecule has 102 valence electrons. The summed E-state index contributed by atoms with van der Waals surface area (Å²) in [4.78, 5) is 0.138. The van der Waals surface area contributed by atoms with Crippen LogP contribution < -0.4 is 10.5 Å². The van der Waals surface area contributed by atoms with Crippen molar-refractivity contribution in [1.82, 2.24) is 4.72 Å². The summed E-state index contributed by atoms with van der Waals surface area (Å²) in [7, 11) is -4.59. The first-order valence-corrected chi connectivity index (χ1v) is 8.76. The van der Waals surface area contributed by atoms with E-state index in [1.54, 1.807) is 6.07 Å². The van der Waals surface area contributed by atoms with Crippen molar-refractivity contribution in [3.63, 3.8) is 0 Å². The maximum absolute atomic E-state index is 11.9. The van der Waals surface area contributed by atoms with Gasteiger partial charge in [0.1, 0.15) is 0 Å². The minimum atomic E-state index is -3.57. The average Bonchev–Trinajstić information content (AvgIpc) is 2.28. The Bertz CT molecular complexity index is 541. The van der Waals surface area contributed by atoms with E-state index >= 15 is 0 Å². The molecule has 0 aliphatic rings. The van der Waals surface area contributed by atoms with E-state index in [1.807, 2.05) is 6.92 Å². The molecule has 7 heteroatoms. The molecule has 1 aromatic carbocycles. The molecule has 18 heavy (non-hydrogen) atoms. The summed E-state index contributed by atoms with van der Waals surface area (Å²) >= 11 is 0. The second kappa shape index (κ2) is 6.31. The number of hydrogen-bond acceptors (Lipinski definition) is 4. The van der Waals surface area contributed by atoms with E-state index in [0.717, 1.165) is 12.0 Å². The molecule has 0 radical (unpaired) electrons. The Kier molecular flexibility index (Phi) is 5.30. The summed E-state index contributed by atoms with van der Waals surface area (Å²) < 4.78 is 37.1. The van der Waals surface area contributed by atoms with Crippen molar-refractivity contribution in [2.24, 2.45) is 0 Å². The number of rotatable bonds is 6. The van der Waals surface area contributed by atoms with Crippen molar-refractivity contribution in [2.75, 3.05) is 24.3 Å². The van der Waals surface area contributed by atoms with Gasteiger partial charge < -0.3 is 5.73 Å². The molecule has 0 fully saturated rings. The summed E-state index contributed by atoms with van der Waals surface area (Å²) in [5.41, 5.74) is 7.16. The molecule has 5 nitrogen and oxygen atoms in total. The van der Waals surface area contributed by atoms with E-state index in [4.69, 9.17) is 5.73 Å². The first-order valence-electron chi connectivity index (χ1n) is 5.55. The predicted molar refractivity (Wildman–Crippen MR) is 74.4 cm³/mol. The molecule has 1 atom stereocenters. The third-order valence-electron chi connectivity index (χ3n) is 2.49. The number of nitrogens with one attached hydrogen (secondary N) is 1. The quantitative estimate of drug-likeness (QED) is 0.746. The fourth-order valence-electron chi connectivity index (χ4n) is 1.47. The molecule has 0 saturated heterocycles. The second-order valence-corrected chi connectivity index (χ2v) is 7.21. The van der Waals surface area contributed by atoms with Gasteiger partial charge in [-0.2, -0.15) is 0 Å². The lowest BCUT2D eigenvalue weighted by molar-refractivity contribution is 0.584. The monoisotopic (exact) mass is 290 g/mol. The van der Waals surface area contributed by atoms with Crippen LogP contribution in [-0.2, 0) is 27.2 Å². The van der Waals surface area contributed by atoms with Crippen LogP contribution in [0, 0.1) is 0 Å². The minimum Gasteiger partial charge on any atom is -0.398 e. The molecule has 0 aromatic heterocycles. The lowest BCUT2D eigenvalue weighted by atomic mass is 10.1. The van der Waals surface area contributed by atoms with Crippen LogP contribution in [-0.4, -0.2) is 31.2 Å². The van der Waals surface area contributed by atoms with Crippen LogP contribution >= 0.6 is 0 Å². The number of anilines is 1. The van der Waals surface area contributed by atoms with Crippen molar-refractivity contribution < 1.29 is 12.6 Å². The largest absolute Gasteiger partial charge is 0.398 e. The zero-order chi connectivity index (χ0) is 13.8. The van der Waals surface area contributed by atoms with E-state index < -0.39 is 20.8 Å². The fraction of sp³-hybridized carbons (Fsp3) is 0.455. The molecule has 0 bridgehead atoms. The molecule has 0 amide bonds. The maximum atomic E-state index is 11.9. The summed E-state index contributed by atoms with van der Waals surface area (Å²) in [5.74, 6) is 0.293. The molecule has 1 rings (SSSR count). The van der Waals surface area contributed by atoms with Crippen molar-refractivity contribution in [3.8, 4) is 0 Å². The molecule has 1 unspecified atom stereocenters. The summed E-state index contributed by atoms with van der Waals surface area (Å²) in [5, 5.41) is 0. The third kappa shape index (κ3) is 4.08. The Balaban J connectivity index is 2.85. The zero-order valence-electron chi connectivity index (χ0n) is 10.5. The van der Waals surface area contributed by atoms with Crippen molar-refractivity contribution in [3.05, 3.63) is 23.8 Å². The van der Waals surface area contributed by atoms with Gasteiger partial charge in [-0.25, -0.2) is 13.1 Å². The number of nitrogens with two attached hydrogens (primary N) is 1. The lowest BCUT2D eigenvalue weighted by Crippen LogP contribution is -2.27.